The number of hydrogen-bond donors (Lipinski definition) is 2. The van der Waals surface area contributed by atoms with Crippen LogP contribution in [0.15, 0.2) is 54.6 Å². The first kappa shape index (κ1) is 14.0. The molecular formula is C15H14ClNOS. The maximum atomic E-state index is 12.0. The van der Waals surface area contributed by atoms with Crippen molar-refractivity contribution in [1.82, 2.24) is 0 Å². The Kier molecular flexibility index (Phi) is 4.88. The molecule has 0 aliphatic heterocycles. The molecule has 0 aliphatic rings. The van der Waals surface area contributed by atoms with Gasteiger partial charge in [0.2, 0.25) is 5.91 Å². The molecule has 2 aromatic rings. The second-order valence-electron chi connectivity index (χ2n) is 4.20. The highest BCUT2D eigenvalue weighted by molar-refractivity contribution is 7.81. The molecule has 2 aromatic carbocycles. The topological polar surface area (TPSA) is 29.1 Å². The van der Waals surface area contributed by atoms with Crippen molar-refractivity contribution in [3.63, 3.8) is 0 Å². The summed E-state index contributed by atoms with van der Waals surface area (Å²) in [6.45, 7) is 0. The van der Waals surface area contributed by atoms with E-state index in [1.807, 2.05) is 30.3 Å². The third-order valence-electron chi connectivity index (χ3n) is 2.69. The van der Waals surface area contributed by atoms with Crippen LogP contribution in [0, 0.1) is 0 Å². The molecule has 19 heavy (non-hydrogen) atoms. The lowest BCUT2D eigenvalue weighted by molar-refractivity contribution is -0.115. The smallest absolute Gasteiger partial charge is 0.237 e. The van der Waals surface area contributed by atoms with Gasteiger partial charge in [-0.3, -0.25) is 4.79 Å². The van der Waals surface area contributed by atoms with Crippen molar-refractivity contribution in [2.24, 2.45) is 0 Å². The van der Waals surface area contributed by atoms with Crippen LogP contribution in [0.5, 0.6) is 0 Å². The normalized spacial score (nSPS) is 11.9. The van der Waals surface area contributed by atoms with Gasteiger partial charge in [-0.2, -0.15) is 12.6 Å². The van der Waals surface area contributed by atoms with Crippen LogP contribution >= 0.6 is 24.2 Å². The van der Waals surface area contributed by atoms with E-state index < -0.39 is 0 Å². The number of carbonyl (C=O) groups is 1. The van der Waals surface area contributed by atoms with E-state index in [0.717, 1.165) is 11.3 Å². The first-order chi connectivity index (χ1) is 9.15. The molecule has 0 saturated carbocycles. The van der Waals surface area contributed by atoms with Gasteiger partial charge in [-0.15, -0.1) is 0 Å². The summed E-state index contributed by atoms with van der Waals surface area (Å²) in [5.41, 5.74) is 1.82. The monoisotopic (exact) mass is 291 g/mol. The van der Waals surface area contributed by atoms with Gasteiger partial charge < -0.3 is 5.32 Å². The molecule has 4 heteroatoms. The number of rotatable bonds is 4. The number of benzene rings is 2. The van der Waals surface area contributed by atoms with Crippen LogP contribution in [0.4, 0.5) is 5.69 Å². The van der Waals surface area contributed by atoms with Crippen molar-refractivity contribution in [3.8, 4) is 0 Å². The molecule has 0 bridgehead atoms. The first-order valence-electron chi connectivity index (χ1n) is 5.93. The lowest BCUT2D eigenvalue weighted by atomic mass is 10.1. The molecule has 0 radical (unpaired) electrons. The Hall–Kier alpha value is -1.45. The number of nitrogens with one attached hydrogen (secondary N) is 1. The molecule has 98 valence electrons. The Morgan fingerprint density at radius 3 is 2.37 bits per heavy atom. The van der Waals surface area contributed by atoms with E-state index in [9.17, 15) is 4.79 Å². The highest BCUT2D eigenvalue weighted by atomic mass is 35.5. The van der Waals surface area contributed by atoms with E-state index in [4.69, 9.17) is 11.6 Å². The van der Waals surface area contributed by atoms with Crippen LogP contribution in [-0.4, -0.2) is 11.2 Å². The van der Waals surface area contributed by atoms with E-state index in [2.05, 4.69) is 17.9 Å². The van der Waals surface area contributed by atoms with Gasteiger partial charge >= 0.3 is 0 Å². The van der Waals surface area contributed by atoms with Crippen molar-refractivity contribution in [2.75, 3.05) is 5.32 Å². The summed E-state index contributed by atoms with van der Waals surface area (Å²) in [7, 11) is 0. The second kappa shape index (κ2) is 6.64. The van der Waals surface area contributed by atoms with Gasteiger partial charge in [0.05, 0.1) is 5.25 Å². The SMILES string of the molecule is O=C(Nc1ccc(Cl)cc1)C(S)Cc1ccccc1. The summed E-state index contributed by atoms with van der Waals surface area (Å²) in [6.07, 6.45) is 0.601. The van der Waals surface area contributed by atoms with Gasteiger partial charge in [0.25, 0.3) is 0 Å². The van der Waals surface area contributed by atoms with Crippen LogP contribution in [0.2, 0.25) is 5.02 Å². The van der Waals surface area contributed by atoms with Crippen molar-refractivity contribution in [1.29, 1.82) is 0 Å². The number of halogens is 1. The maximum absolute atomic E-state index is 12.0. The number of hydrogen-bond acceptors (Lipinski definition) is 2. The Morgan fingerprint density at radius 1 is 1.11 bits per heavy atom. The summed E-state index contributed by atoms with van der Waals surface area (Å²) < 4.78 is 0. The first-order valence-corrected chi connectivity index (χ1v) is 6.83. The quantitative estimate of drug-likeness (QED) is 0.824. The Morgan fingerprint density at radius 2 is 1.74 bits per heavy atom. The minimum absolute atomic E-state index is 0.116. The summed E-state index contributed by atoms with van der Waals surface area (Å²) in [4.78, 5) is 12.0. The van der Waals surface area contributed by atoms with Gasteiger partial charge in [0, 0.05) is 10.7 Å². The molecule has 0 heterocycles. The van der Waals surface area contributed by atoms with Crippen LogP contribution in [0.25, 0.3) is 0 Å². The van der Waals surface area contributed by atoms with Crippen molar-refractivity contribution in [2.45, 2.75) is 11.7 Å². The standard InChI is InChI=1S/C15H14ClNOS/c16-12-6-8-13(9-7-12)17-15(18)14(19)10-11-4-2-1-3-5-11/h1-9,14,19H,10H2,(H,17,18). The predicted molar refractivity (Wildman–Crippen MR) is 83.0 cm³/mol. The minimum atomic E-state index is -0.377. The van der Waals surface area contributed by atoms with Crippen molar-refractivity contribution < 1.29 is 4.79 Å². The minimum Gasteiger partial charge on any atom is -0.325 e. The lowest BCUT2D eigenvalue weighted by Crippen LogP contribution is -2.25. The molecule has 1 N–H and O–H groups in total. The number of carbonyl (C=O) groups excluding carboxylic acids is 1. The fourth-order valence-corrected chi connectivity index (χ4v) is 2.09. The molecule has 0 aromatic heterocycles. The zero-order valence-electron chi connectivity index (χ0n) is 10.2. The molecule has 1 amide bonds. The summed E-state index contributed by atoms with van der Waals surface area (Å²) >= 11 is 10.1. The van der Waals surface area contributed by atoms with Gasteiger partial charge in [-0.1, -0.05) is 41.9 Å². The third kappa shape index (κ3) is 4.30. The summed E-state index contributed by atoms with van der Waals surface area (Å²) in [5.74, 6) is -0.116. The fraction of sp³-hybridized carbons (Fsp3) is 0.133. The fourth-order valence-electron chi connectivity index (χ4n) is 1.69. The Balaban J connectivity index is 1.94. The van der Waals surface area contributed by atoms with Crippen LogP contribution in [-0.2, 0) is 11.2 Å². The van der Waals surface area contributed by atoms with E-state index in [1.165, 1.54) is 0 Å². The zero-order chi connectivity index (χ0) is 13.7. The molecular weight excluding hydrogens is 278 g/mol. The van der Waals surface area contributed by atoms with E-state index in [-0.39, 0.29) is 11.2 Å². The summed E-state index contributed by atoms with van der Waals surface area (Å²) in [6, 6.07) is 16.8. The Bertz CT molecular complexity index is 542. The molecule has 2 nitrogen and oxygen atoms in total. The molecule has 2 rings (SSSR count). The van der Waals surface area contributed by atoms with Gasteiger partial charge in [0.15, 0.2) is 0 Å². The molecule has 1 atom stereocenters. The highest BCUT2D eigenvalue weighted by Gasteiger charge is 2.14. The van der Waals surface area contributed by atoms with Gasteiger partial charge in [-0.05, 0) is 36.2 Å². The largest absolute Gasteiger partial charge is 0.325 e. The lowest BCUT2D eigenvalue weighted by Gasteiger charge is -2.11. The van der Waals surface area contributed by atoms with Crippen molar-refractivity contribution in [3.05, 3.63) is 65.2 Å². The number of thiol groups is 1. The van der Waals surface area contributed by atoms with Crippen molar-refractivity contribution >= 4 is 35.8 Å². The zero-order valence-corrected chi connectivity index (χ0v) is 11.9. The average molecular weight is 292 g/mol. The number of amides is 1. The Labute approximate surface area is 123 Å². The van der Waals surface area contributed by atoms with Gasteiger partial charge in [0.1, 0.15) is 0 Å². The second-order valence-corrected chi connectivity index (χ2v) is 5.26. The average Bonchev–Trinajstić information content (AvgIpc) is 2.42. The van der Waals surface area contributed by atoms with Crippen LogP contribution < -0.4 is 5.32 Å². The summed E-state index contributed by atoms with van der Waals surface area (Å²) in [5, 5.41) is 3.08. The maximum Gasteiger partial charge on any atom is 0.237 e. The molecule has 0 fully saturated rings. The molecule has 0 aliphatic carbocycles. The molecule has 1 unspecified atom stereocenters. The van der Waals surface area contributed by atoms with Gasteiger partial charge in [-0.25, -0.2) is 0 Å². The van der Waals surface area contributed by atoms with E-state index in [0.29, 0.717) is 11.4 Å². The number of anilines is 1. The van der Waals surface area contributed by atoms with Crippen LogP contribution in [0.1, 0.15) is 5.56 Å². The van der Waals surface area contributed by atoms with E-state index >= 15 is 0 Å². The highest BCUT2D eigenvalue weighted by Crippen LogP contribution is 2.15. The third-order valence-corrected chi connectivity index (χ3v) is 3.36. The molecule has 0 spiro atoms. The molecule has 0 saturated heterocycles. The predicted octanol–water partition coefficient (Wildman–Crippen LogP) is 3.82. The van der Waals surface area contributed by atoms with Crippen LogP contribution in [0.3, 0.4) is 0 Å². The van der Waals surface area contributed by atoms with E-state index in [1.54, 1.807) is 24.3 Å².